The molecule has 0 amide bonds. The van der Waals surface area contributed by atoms with Gasteiger partial charge < -0.3 is 13.9 Å². The molecular formula is C17H20O3. The van der Waals surface area contributed by atoms with Gasteiger partial charge in [-0.15, -0.1) is 0 Å². The highest BCUT2D eigenvalue weighted by molar-refractivity contribution is 5.69. The van der Waals surface area contributed by atoms with E-state index in [0.717, 1.165) is 11.5 Å². The summed E-state index contributed by atoms with van der Waals surface area (Å²) < 4.78 is 16.9. The lowest BCUT2D eigenvalue weighted by Gasteiger charge is -2.13. The molecule has 0 atom stereocenters. The summed E-state index contributed by atoms with van der Waals surface area (Å²) in [6.45, 7) is 9.81. The van der Waals surface area contributed by atoms with E-state index < -0.39 is 0 Å². The molecule has 0 spiro atoms. The van der Waals surface area contributed by atoms with Crippen LogP contribution in [0.1, 0.15) is 34.3 Å². The number of rotatable bonds is 2. The second kappa shape index (κ2) is 5.08. The van der Waals surface area contributed by atoms with Crippen molar-refractivity contribution in [3.63, 3.8) is 0 Å². The number of hydrogen-bond acceptors (Lipinski definition) is 3. The van der Waals surface area contributed by atoms with Crippen molar-refractivity contribution >= 4 is 0 Å². The number of hydrogen-bond donors (Lipinski definition) is 0. The molecule has 0 radical (unpaired) electrons. The Kier molecular flexibility index (Phi) is 3.40. The third-order valence-corrected chi connectivity index (χ3v) is 4.09. The molecule has 3 nitrogen and oxygen atoms in total. The van der Waals surface area contributed by atoms with Crippen LogP contribution in [0.15, 0.2) is 22.6 Å². The normalized spacial score (nSPS) is 16.0. The van der Waals surface area contributed by atoms with Gasteiger partial charge in [-0.05, 0) is 62.1 Å². The minimum atomic E-state index is -0.352. The molecule has 0 aliphatic carbocycles. The van der Waals surface area contributed by atoms with Gasteiger partial charge in [0, 0.05) is 5.56 Å². The molecule has 2 aromatic rings. The van der Waals surface area contributed by atoms with Gasteiger partial charge in [0.25, 0.3) is 0 Å². The zero-order valence-electron chi connectivity index (χ0n) is 12.4. The molecule has 1 saturated heterocycles. The summed E-state index contributed by atoms with van der Waals surface area (Å²) >= 11 is 0. The fourth-order valence-corrected chi connectivity index (χ4v) is 2.72. The average Bonchev–Trinajstić information content (AvgIpc) is 3.07. The van der Waals surface area contributed by atoms with Crippen LogP contribution in [0.25, 0.3) is 11.3 Å². The molecular weight excluding hydrogens is 252 g/mol. The summed E-state index contributed by atoms with van der Waals surface area (Å²) in [5, 5.41) is 0. The molecule has 1 aliphatic rings. The van der Waals surface area contributed by atoms with Crippen LogP contribution in [-0.4, -0.2) is 13.2 Å². The Labute approximate surface area is 119 Å². The molecule has 0 saturated carbocycles. The van der Waals surface area contributed by atoms with Gasteiger partial charge in [-0.2, -0.15) is 0 Å². The number of furan rings is 1. The Bertz CT molecular complexity index is 608. The molecule has 3 heteroatoms. The molecule has 3 rings (SSSR count). The number of aryl methyl sites for hydroxylation is 2. The van der Waals surface area contributed by atoms with E-state index in [9.17, 15) is 0 Å². The monoisotopic (exact) mass is 272 g/mol. The predicted molar refractivity (Wildman–Crippen MR) is 77.7 cm³/mol. The first-order valence-corrected chi connectivity index (χ1v) is 6.98. The molecule has 0 N–H and O–H groups in total. The fourth-order valence-electron chi connectivity index (χ4n) is 2.72. The maximum absolute atomic E-state index is 5.98. The fraction of sp³-hybridized carbons (Fsp3) is 0.412. The zero-order chi connectivity index (χ0) is 14.3. The average molecular weight is 272 g/mol. The SMILES string of the molecule is Cc1cc(C)c(C)c(-c2ccc(C3OCCO3)o2)c1C. The third kappa shape index (κ3) is 2.17. The van der Waals surface area contributed by atoms with Gasteiger partial charge in [-0.1, -0.05) is 6.07 Å². The summed E-state index contributed by atoms with van der Waals surface area (Å²) in [7, 11) is 0. The highest BCUT2D eigenvalue weighted by Gasteiger charge is 2.23. The van der Waals surface area contributed by atoms with Crippen molar-refractivity contribution < 1.29 is 13.9 Å². The van der Waals surface area contributed by atoms with Crippen molar-refractivity contribution in [1.82, 2.24) is 0 Å². The minimum absolute atomic E-state index is 0.352. The van der Waals surface area contributed by atoms with Gasteiger partial charge in [0.2, 0.25) is 6.29 Å². The Morgan fingerprint density at radius 1 is 0.900 bits per heavy atom. The molecule has 0 bridgehead atoms. The summed E-state index contributed by atoms with van der Waals surface area (Å²) in [5.74, 6) is 1.64. The summed E-state index contributed by atoms with van der Waals surface area (Å²) in [6.07, 6.45) is -0.352. The van der Waals surface area contributed by atoms with E-state index in [0.29, 0.717) is 13.2 Å². The Hall–Kier alpha value is -1.58. The zero-order valence-corrected chi connectivity index (χ0v) is 12.4. The Morgan fingerprint density at radius 2 is 1.50 bits per heavy atom. The quantitative estimate of drug-likeness (QED) is 0.820. The van der Waals surface area contributed by atoms with Gasteiger partial charge >= 0.3 is 0 Å². The van der Waals surface area contributed by atoms with Crippen LogP contribution >= 0.6 is 0 Å². The van der Waals surface area contributed by atoms with Crippen molar-refractivity contribution in [2.45, 2.75) is 34.0 Å². The molecule has 20 heavy (non-hydrogen) atoms. The number of ether oxygens (including phenoxy) is 2. The second-order valence-corrected chi connectivity index (χ2v) is 5.41. The Balaban J connectivity index is 2.05. The van der Waals surface area contributed by atoms with Gasteiger partial charge in [-0.25, -0.2) is 0 Å². The van der Waals surface area contributed by atoms with E-state index in [-0.39, 0.29) is 6.29 Å². The minimum Gasteiger partial charge on any atom is -0.456 e. The first kappa shape index (κ1) is 13.4. The van der Waals surface area contributed by atoms with E-state index >= 15 is 0 Å². The third-order valence-electron chi connectivity index (χ3n) is 4.09. The first-order chi connectivity index (χ1) is 9.58. The predicted octanol–water partition coefficient (Wildman–Crippen LogP) is 4.23. The van der Waals surface area contributed by atoms with Gasteiger partial charge in [-0.3, -0.25) is 0 Å². The van der Waals surface area contributed by atoms with E-state index in [1.807, 2.05) is 12.1 Å². The van der Waals surface area contributed by atoms with E-state index in [1.165, 1.54) is 27.8 Å². The molecule has 1 aromatic heterocycles. The Morgan fingerprint density at radius 3 is 2.10 bits per heavy atom. The van der Waals surface area contributed by atoms with Gasteiger partial charge in [0.1, 0.15) is 5.76 Å². The van der Waals surface area contributed by atoms with Crippen molar-refractivity contribution in [2.75, 3.05) is 13.2 Å². The summed E-state index contributed by atoms with van der Waals surface area (Å²) in [4.78, 5) is 0. The summed E-state index contributed by atoms with van der Waals surface area (Å²) in [5.41, 5.74) is 6.29. The van der Waals surface area contributed by atoms with Crippen LogP contribution in [0.2, 0.25) is 0 Å². The van der Waals surface area contributed by atoms with E-state index in [1.54, 1.807) is 0 Å². The van der Waals surface area contributed by atoms with Crippen molar-refractivity contribution in [3.05, 3.63) is 46.2 Å². The van der Waals surface area contributed by atoms with Crippen LogP contribution < -0.4 is 0 Å². The molecule has 2 heterocycles. The van der Waals surface area contributed by atoms with Crippen molar-refractivity contribution in [3.8, 4) is 11.3 Å². The maximum atomic E-state index is 5.98. The van der Waals surface area contributed by atoms with Crippen LogP contribution in [0, 0.1) is 27.7 Å². The number of benzene rings is 1. The topological polar surface area (TPSA) is 31.6 Å². The van der Waals surface area contributed by atoms with Crippen molar-refractivity contribution in [2.24, 2.45) is 0 Å². The van der Waals surface area contributed by atoms with Crippen LogP contribution in [0.4, 0.5) is 0 Å². The van der Waals surface area contributed by atoms with Crippen LogP contribution in [0.3, 0.4) is 0 Å². The van der Waals surface area contributed by atoms with Crippen LogP contribution in [-0.2, 0) is 9.47 Å². The molecule has 106 valence electrons. The lowest BCUT2D eigenvalue weighted by Crippen LogP contribution is -1.96. The first-order valence-electron chi connectivity index (χ1n) is 6.98. The molecule has 1 aromatic carbocycles. The summed E-state index contributed by atoms with van der Waals surface area (Å²) in [6, 6.07) is 6.18. The smallest absolute Gasteiger partial charge is 0.217 e. The van der Waals surface area contributed by atoms with Gasteiger partial charge in [0.15, 0.2) is 5.76 Å². The largest absolute Gasteiger partial charge is 0.456 e. The second-order valence-electron chi connectivity index (χ2n) is 5.41. The highest BCUT2D eigenvalue weighted by Crippen LogP contribution is 2.35. The van der Waals surface area contributed by atoms with Crippen LogP contribution in [0.5, 0.6) is 0 Å². The van der Waals surface area contributed by atoms with Gasteiger partial charge in [0.05, 0.1) is 13.2 Å². The highest BCUT2D eigenvalue weighted by atomic mass is 16.7. The lowest BCUT2D eigenvalue weighted by atomic mass is 9.93. The van der Waals surface area contributed by atoms with E-state index in [4.69, 9.17) is 13.9 Å². The van der Waals surface area contributed by atoms with Crippen molar-refractivity contribution in [1.29, 1.82) is 0 Å². The molecule has 0 unspecified atom stereocenters. The molecule has 1 fully saturated rings. The maximum Gasteiger partial charge on any atom is 0.217 e. The van der Waals surface area contributed by atoms with E-state index in [2.05, 4.69) is 33.8 Å². The lowest BCUT2D eigenvalue weighted by molar-refractivity contribution is -0.0585. The standard InChI is InChI=1S/C17H20O3/c1-10-9-11(2)13(4)16(12(10)3)14-5-6-15(20-14)17-18-7-8-19-17/h5-6,9,17H,7-8H2,1-4H3. The molecule has 1 aliphatic heterocycles.